The lowest BCUT2D eigenvalue weighted by molar-refractivity contribution is 0.589. The van der Waals surface area contributed by atoms with Crippen LogP contribution in [0, 0.1) is 0 Å². The first kappa shape index (κ1) is 90.2. The van der Waals surface area contributed by atoms with Crippen LogP contribution >= 0.6 is 0 Å². The largest absolute Gasteiger partial charge is 0.310 e. The molecule has 5 nitrogen and oxygen atoms in total. The fraction of sp³-hybridized carbons (Fsp3) is 0.269. The van der Waals surface area contributed by atoms with E-state index in [0.29, 0.717) is 0 Å². The SMILES string of the molecule is CC(C)(C)c1ccc(-c2cc(C(C)(C)C)cc(-c3ccc(C(C)(C)C)cc3)c2N2c3cc(-n4c5ccc(C(C)(C)C)cc5c5cc(C(C)(C)C)ccc54)ccc3B3c4ccc(-n5c6ccc(C(C)(C)C)cc6c6cc(C(C)(C)C)ccc65)cc4N(c4c(-c5ccc(C(C)(C)C)cc5)cc(C(C)(C)C)cc4-n4c5ccc6cccc7c8cccc9ccc4c(c98)c5c67)c4cc(-c5ccccc5)cc2c43)cc1. The van der Waals surface area contributed by atoms with Crippen molar-refractivity contribution in [2.45, 2.75) is 236 Å². The zero-order valence-corrected chi connectivity index (χ0v) is 87.3. The Morgan fingerprint density at radius 1 is 0.186 bits per heavy atom. The van der Waals surface area contributed by atoms with Crippen LogP contribution in [0.2, 0.25) is 0 Å². The average molecular weight is 1820 g/mol. The van der Waals surface area contributed by atoms with Gasteiger partial charge >= 0.3 is 0 Å². The van der Waals surface area contributed by atoms with E-state index in [1.807, 2.05) is 0 Å². The van der Waals surface area contributed by atoms with Crippen LogP contribution in [-0.2, 0) is 48.7 Å². The number of hydrogen-bond donors (Lipinski definition) is 0. The van der Waals surface area contributed by atoms with E-state index in [0.717, 1.165) is 95.7 Å². The highest BCUT2D eigenvalue weighted by molar-refractivity contribution is 7.00. The van der Waals surface area contributed by atoms with Gasteiger partial charge in [0.1, 0.15) is 0 Å². The second kappa shape index (κ2) is 30.9. The monoisotopic (exact) mass is 1820 g/mol. The van der Waals surface area contributed by atoms with E-state index in [1.54, 1.807) is 0 Å². The minimum Gasteiger partial charge on any atom is -0.310 e. The van der Waals surface area contributed by atoms with Crippen LogP contribution in [0.3, 0.4) is 0 Å². The molecule has 0 N–H and O–H groups in total. The molecule has 18 aromatic carbocycles. The van der Waals surface area contributed by atoms with Crippen LogP contribution in [0.15, 0.2) is 309 Å². The van der Waals surface area contributed by atoms with E-state index in [1.165, 1.54) is 164 Å². The van der Waals surface area contributed by atoms with Crippen molar-refractivity contribution in [3.05, 3.63) is 359 Å². The van der Waals surface area contributed by atoms with Gasteiger partial charge in [-0.05, 0) is 297 Å². The third kappa shape index (κ3) is 14.4. The summed E-state index contributed by atoms with van der Waals surface area (Å²) in [6.45, 7) is 63.5. The highest BCUT2D eigenvalue weighted by atomic mass is 15.2. The van der Waals surface area contributed by atoms with Gasteiger partial charge < -0.3 is 23.5 Å². The molecule has 0 amide bonds. The maximum absolute atomic E-state index is 2.84. The molecular formula is C134H132BN5. The highest BCUT2D eigenvalue weighted by Gasteiger charge is 2.48. The molecular weight excluding hydrogens is 1690 g/mol. The molecule has 3 aromatic heterocycles. The van der Waals surface area contributed by atoms with Crippen molar-refractivity contribution in [3.63, 3.8) is 0 Å². The summed E-state index contributed by atoms with van der Waals surface area (Å²) in [5, 5.41) is 15.2. The van der Waals surface area contributed by atoms with Crippen molar-refractivity contribution in [2.24, 2.45) is 0 Å². The second-order valence-electron chi connectivity index (χ2n) is 50.3. The number of benzene rings is 18. The van der Waals surface area contributed by atoms with Gasteiger partial charge in [-0.3, -0.25) is 0 Å². The smallest absolute Gasteiger partial charge is 0.252 e. The maximum Gasteiger partial charge on any atom is 0.252 e. The van der Waals surface area contributed by atoms with Gasteiger partial charge in [0.2, 0.25) is 0 Å². The van der Waals surface area contributed by atoms with Crippen LogP contribution < -0.4 is 26.2 Å². The van der Waals surface area contributed by atoms with Crippen LogP contribution in [0.25, 0.3) is 159 Å². The Bertz CT molecular complexity index is 8350. The molecule has 5 heterocycles. The summed E-state index contributed by atoms with van der Waals surface area (Å²) in [5.74, 6) is 0. The van der Waals surface area contributed by atoms with Gasteiger partial charge in [0.15, 0.2) is 0 Å². The number of fused-ring (bicyclic) bond motifs is 11. The molecule has 140 heavy (non-hydrogen) atoms. The van der Waals surface area contributed by atoms with Crippen LogP contribution in [0.1, 0.15) is 237 Å². The summed E-state index contributed by atoms with van der Waals surface area (Å²) < 4.78 is 7.95. The molecule has 6 heteroatoms. The van der Waals surface area contributed by atoms with E-state index in [9.17, 15) is 0 Å². The van der Waals surface area contributed by atoms with E-state index >= 15 is 0 Å². The Balaban J connectivity index is 0.935. The Hall–Kier alpha value is -13.7. The number of anilines is 6. The Morgan fingerprint density at radius 2 is 0.500 bits per heavy atom. The molecule has 0 saturated heterocycles. The molecule has 2 aliphatic rings. The van der Waals surface area contributed by atoms with E-state index < -0.39 is 0 Å². The van der Waals surface area contributed by atoms with E-state index in [4.69, 9.17) is 0 Å². The van der Waals surface area contributed by atoms with Crippen molar-refractivity contribution in [2.75, 3.05) is 9.80 Å². The first-order valence-electron chi connectivity index (χ1n) is 51.0. The summed E-state index contributed by atoms with van der Waals surface area (Å²) in [7, 11) is 0. The number of hydrogen-bond acceptors (Lipinski definition) is 2. The molecule has 0 aliphatic carbocycles. The molecule has 0 fully saturated rings. The summed E-state index contributed by atoms with van der Waals surface area (Å²) >= 11 is 0. The van der Waals surface area contributed by atoms with Crippen LogP contribution in [0.4, 0.5) is 34.1 Å². The zero-order chi connectivity index (χ0) is 98.2. The van der Waals surface area contributed by atoms with Gasteiger partial charge in [-0.2, -0.15) is 0 Å². The Morgan fingerprint density at radius 3 is 0.843 bits per heavy atom. The predicted molar refractivity (Wildman–Crippen MR) is 608 cm³/mol. The molecule has 0 saturated carbocycles. The van der Waals surface area contributed by atoms with Gasteiger partial charge in [0.25, 0.3) is 6.71 Å². The highest BCUT2D eigenvalue weighted by Crippen LogP contribution is 2.59. The summed E-state index contributed by atoms with van der Waals surface area (Å²) in [4.78, 5) is 5.65. The van der Waals surface area contributed by atoms with Gasteiger partial charge in [-0.15, -0.1) is 0 Å². The van der Waals surface area contributed by atoms with Gasteiger partial charge in [0.05, 0.1) is 50.2 Å². The predicted octanol–water partition coefficient (Wildman–Crippen LogP) is 35.7. The number of aromatic nitrogens is 3. The lowest BCUT2D eigenvalue weighted by atomic mass is 9.33. The average Bonchev–Trinajstić information content (AvgIpc) is 1.30. The zero-order valence-electron chi connectivity index (χ0n) is 87.3. The standard InChI is InChI=1S/C134H132BN5/c1-126(2,3)86-47-39-80(40-48-86)99-73-93(133(22,23)24)74-100(81-41-49-87(50-42-81)127(4,5)6)124(99)139-114-77-95(136-108-63-53-89(129(10,11)12)69-102(108)103-70-90(130(13,14)15)54-64-109(103)136)57-59-106(114)135-107-60-58-96(137-110-65-55-91(131(16,17)18)71-104(110)105-72-92(132(19,20)21)56-66-111(105)137)78-115(107)140(117-68-85(67-116(139)123(117)135)79-33-29-28-30-34-79)125-101(82-43-51-88(52-44-82)128(7,8)9)75-94(134(25,26)27)76-118(125)138-112-61-45-83-35-31-37-97-98-38-32-36-84-46-62-113(138)122(120(84)98)121(112)119(83)97/h28-78H,1-27H3. The molecule has 21 aromatic rings. The third-order valence-corrected chi connectivity index (χ3v) is 31.5. The summed E-state index contributed by atoms with van der Waals surface area (Å²) in [6, 6.07) is 125. The molecule has 0 radical (unpaired) electrons. The van der Waals surface area contributed by atoms with Crippen LogP contribution in [-0.4, -0.2) is 20.4 Å². The topological polar surface area (TPSA) is 21.3 Å². The molecule has 0 atom stereocenters. The molecule has 696 valence electrons. The van der Waals surface area contributed by atoms with Crippen molar-refractivity contribution in [1.29, 1.82) is 0 Å². The molecule has 0 unspecified atom stereocenters. The second-order valence-corrected chi connectivity index (χ2v) is 50.3. The quantitative estimate of drug-likeness (QED) is 0.0816. The van der Waals surface area contributed by atoms with Crippen molar-refractivity contribution in [3.8, 4) is 61.6 Å². The van der Waals surface area contributed by atoms with Crippen molar-refractivity contribution in [1.82, 2.24) is 13.7 Å². The number of rotatable bonds is 9. The summed E-state index contributed by atoms with van der Waals surface area (Å²) in [6.07, 6.45) is 0. The molecule has 0 spiro atoms. The normalized spacial score (nSPS) is 13.8. The molecule has 23 rings (SSSR count). The maximum atomic E-state index is 2.84. The lowest BCUT2D eigenvalue weighted by Crippen LogP contribution is -2.61. The lowest BCUT2D eigenvalue weighted by Gasteiger charge is -2.46. The Kier molecular flexibility index (Phi) is 19.9. The van der Waals surface area contributed by atoms with E-state index in [-0.39, 0.29) is 55.4 Å². The number of nitrogens with zero attached hydrogens (tertiary/aromatic N) is 5. The summed E-state index contributed by atoms with van der Waals surface area (Å²) in [5.41, 5.74) is 40.0. The minimum absolute atomic E-state index is 0.101. The van der Waals surface area contributed by atoms with Gasteiger partial charge in [-0.1, -0.05) is 375 Å². The van der Waals surface area contributed by atoms with Crippen LogP contribution in [0.5, 0.6) is 0 Å². The first-order chi connectivity index (χ1) is 66.1. The fourth-order valence-corrected chi connectivity index (χ4v) is 23.3. The fourth-order valence-electron chi connectivity index (χ4n) is 23.3. The van der Waals surface area contributed by atoms with Gasteiger partial charge in [-0.25, -0.2) is 0 Å². The van der Waals surface area contributed by atoms with Crippen molar-refractivity contribution >= 4 is 155 Å². The third-order valence-electron chi connectivity index (χ3n) is 31.5. The molecule has 2 aliphatic heterocycles. The van der Waals surface area contributed by atoms with Crippen molar-refractivity contribution < 1.29 is 0 Å². The Labute approximate surface area is 829 Å². The molecule has 0 bridgehead atoms. The minimum atomic E-state index is -0.365. The van der Waals surface area contributed by atoms with Gasteiger partial charge in [0, 0.05) is 83.1 Å². The van der Waals surface area contributed by atoms with E-state index in [2.05, 4.69) is 520 Å². The first-order valence-corrected chi connectivity index (χ1v) is 51.0.